The van der Waals surface area contributed by atoms with Gasteiger partial charge in [-0.3, -0.25) is 0 Å². The number of ether oxygens (including phenoxy) is 2. The van der Waals surface area contributed by atoms with E-state index >= 15 is 0 Å². The molecule has 0 saturated heterocycles. The van der Waals surface area contributed by atoms with Crippen molar-refractivity contribution in [3.63, 3.8) is 0 Å². The molecule has 0 saturated carbocycles. The average Bonchev–Trinajstić information content (AvgIpc) is 2.68. The van der Waals surface area contributed by atoms with Crippen molar-refractivity contribution < 1.29 is 9.47 Å². The Morgan fingerprint density at radius 2 is 1.77 bits per heavy atom. The lowest BCUT2D eigenvalue weighted by molar-refractivity contribution is 0.355. The Kier molecular flexibility index (Phi) is 5.07. The number of nitrogens with one attached hydrogen (secondary N) is 2. The Morgan fingerprint density at radius 1 is 0.962 bits per heavy atom. The monoisotopic (exact) mass is 351 g/mol. The Hall–Kier alpha value is -3.48. The molecule has 2 aromatic carbocycles. The lowest BCUT2D eigenvalue weighted by Crippen LogP contribution is -2.00. The van der Waals surface area contributed by atoms with Crippen LogP contribution in [-0.4, -0.2) is 31.2 Å². The predicted octanol–water partition coefficient (Wildman–Crippen LogP) is 3.53. The molecule has 0 aliphatic carbocycles. The molecular formula is C19H21N5O2. The van der Waals surface area contributed by atoms with E-state index < -0.39 is 0 Å². The first kappa shape index (κ1) is 17.3. The number of hydrogen-bond donors (Lipinski definition) is 3. The lowest BCUT2D eigenvalue weighted by atomic mass is 10.1. The minimum absolute atomic E-state index is 0.478. The first-order chi connectivity index (χ1) is 12.6. The number of nitrogen functional groups attached to an aromatic ring is 1. The molecule has 0 fully saturated rings. The van der Waals surface area contributed by atoms with Crippen LogP contribution in [0, 0.1) is 0 Å². The van der Waals surface area contributed by atoms with E-state index in [4.69, 9.17) is 15.2 Å². The molecule has 0 aliphatic rings. The van der Waals surface area contributed by atoms with Crippen molar-refractivity contribution in [2.45, 2.75) is 0 Å². The van der Waals surface area contributed by atoms with Gasteiger partial charge in [0.05, 0.1) is 31.3 Å². The standard InChI is InChI=1S/C19H21N5O2/c1-21-16-6-4-12(10-14(16)20)15-8-9-22-19(24-15)23-13-5-7-17(25-2)18(11-13)26-3/h4-11,21H,20H2,1-3H3,(H,22,23,24). The largest absolute Gasteiger partial charge is 0.493 e. The van der Waals surface area contributed by atoms with E-state index in [-0.39, 0.29) is 0 Å². The van der Waals surface area contributed by atoms with Crippen LogP contribution in [-0.2, 0) is 0 Å². The van der Waals surface area contributed by atoms with Crippen LogP contribution < -0.4 is 25.8 Å². The summed E-state index contributed by atoms with van der Waals surface area (Å²) >= 11 is 0. The third-order valence-electron chi connectivity index (χ3n) is 3.91. The quantitative estimate of drug-likeness (QED) is 0.585. The van der Waals surface area contributed by atoms with Crippen LogP contribution in [0.15, 0.2) is 48.7 Å². The molecule has 0 bridgehead atoms. The van der Waals surface area contributed by atoms with Crippen molar-refractivity contribution in [2.75, 3.05) is 37.6 Å². The molecule has 3 aromatic rings. The number of anilines is 4. The van der Waals surface area contributed by atoms with E-state index in [1.54, 1.807) is 20.4 Å². The van der Waals surface area contributed by atoms with Gasteiger partial charge in [-0.05, 0) is 30.3 Å². The normalized spacial score (nSPS) is 10.3. The van der Waals surface area contributed by atoms with Gasteiger partial charge in [0.25, 0.3) is 0 Å². The first-order valence-corrected chi connectivity index (χ1v) is 8.04. The summed E-state index contributed by atoms with van der Waals surface area (Å²) in [5.74, 6) is 1.77. The van der Waals surface area contributed by atoms with Crippen molar-refractivity contribution in [1.29, 1.82) is 0 Å². The number of benzene rings is 2. The summed E-state index contributed by atoms with van der Waals surface area (Å²) < 4.78 is 10.6. The summed E-state index contributed by atoms with van der Waals surface area (Å²) in [6, 6.07) is 13.1. The second-order valence-electron chi connectivity index (χ2n) is 5.51. The molecule has 0 amide bonds. The van der Waals surface area contributed by atoms with E-state index in [1.807, 2.05) is 49.5 Å². The fraction of sp³-hybridized carbons (Fsp3) is 0.158. The molecule has 1 aromatic heterocycles. The molecule has 4 N–H and O–H groups in total. The molecule has 7 nitrogen and oxygen atoms in total. The topological polar surface area (TPSA) is 94.3 Å². The van der Waals surface area contributed by atoms with E-state index in [1.165, 1.54) is 0 Å². The van der Waals surface area contributed by atoms with Crippen LogP contribution in [0.25, 0.3) is 11.3 Å². The highest BCUT2D eigenvalue weighted by Crippen LogP contribution is 2.31. The summed E-state index contributed by atoms with van der Waals surface area (Å²) in [6.45, 7) is 0. The van der Waals surface area contributed by atoms with E-state index in [2.05, 4.69) is 20.6 Å². The third-order valence-corrected chi connectivity index (χ3v) is 3.91. The average molecular weight is 351 g/mol. The molecule has 26 heavy (non-hydrogen) atoms. The van der Waals surface area contributed by atoms with Crippen molar-refractivity contribution in [1.82, 2.24) is 9.97 Å². The van der Waals surface area contributed by atoms with Gasteiger partial charge in [-0.2, -0.15) is 0 Å². The van der Waals surface area contributed by atoms with Crippen LogP contribution in [0.3, 0.4) is 0 Å². The van der Waals surface area contributed by atoms with Crippen molar-refractivity contribution in [2.24, 2.45) is 0 Å². The van der Waals surface area contributed by atoms with Crippen LogP contribution in [0.1, 0.15) is 0 Å². The molecule has 0 radical (unpaired) electrons. The van der Waals surface area contributed by atoms with Gasteiger partial charge in [0, 0.05) is 30.6 Å². The maximum Gasteiger partial charge on any atom is 0.227 e. The predicted molar refractivity (Wildman–Crippen MR) is 104 cm³/mol. The maximum absolute atomic E-state index is 6.04. The van der Waals surface area contributed by atoms with E-state index in [0.29, 0.717) is 23.1 Å². The van der Waals surface area contributed by atoms with Crippen molar-refractivity contribution >= 4 is 23.0 Å². The molecule has 0 spiro atoms. The zero-order valence-electron chi connectivity index (χ0n) is 14.9. The molecule has 1 heterocycles. The minimum atomic E-state index is 0.478. The summed E-state index contributed by atoms with van der Waals surface area (Å²) in [4.78, 5) is 8.84. The van der Waals surface area contributed by atoms with Gasteiger partial charge < -0.3 is 25.8 Å². The molecular weight excluding hydrogens is 330 g/mol. The summed E-state index contributed by atoms with van der Waals surface area (Å²) in [5.41, 5.74) is 10.1. The molecule has 0 aliphatic heterocycles. The number of aromatic nitrogens is 2. The fourth-order valence-corrected chi connectivity index (χ4v) is 2.57. The van der Waals surface area contributed by atoms with Crippen LogP contribution in [0.5, 0.6) is 11.5 Å². The highest BCUT2D eigenvalue weighted by molar-refractivity contribution is 5.74. The fourth-order valence-electron chi connectivity index (χ4n) is 2.57. The molecule has 134 valence electrons. The van der Waals surface area contributed by atoms with E-state index in [9.17, 15) is 0 Å². The summed E-state index contributed by atoms with van der Waals surface area (Å²) in [7, 11) is 5.03. The second-order valence-corrected chi connectivity index (χ2v) is 5.51. The van der Waals surface area contributed by atoms with Crippen molar-refractivity contribution in [3.05, 3.63) is 48.7 Å². The van der Waals surface area contributed by atoms with Gasteiger partial charge in [0.2, 0.25) is 5.95 Å². The highest BCUT2D eigenvalue weighted by Gasteiger charge is 2.08. The van der Waals surface area contributed by atoms with Gasteiger partial charge in [-0.15, -0.1) is 0 Å². The van der Waals surface area contributed by atoms with E-state index in [0.717, 1.165) is 22.6 Å². The van der Waals surface area contributed by atoms with Crippen LogP contribution >= 0.6 is 0 Å². The number of rotatable bonds is 6. The van der Waals surface area contributed by atoms with Gasteiger partial charge >= 0.3 is 0 Å². The minimum Gasteiger partial charge on any atom is -0.493 e. The van der Waals surface area contributed by atoms with Gasteiger partial charge in [-0.1, -0.05) is 6.07 Å². The highest BCUT2D eigenvalue weighted by atomic mass is 16.5. The molecule has 0 unspecified atom stereocenters. The summed E-state index contributed by atoms with van der Waals surface area (Å²) in [6.07, 6.45) is 1.70. The zero-order chi connectivity index (χ0) is 18.5. The van der Waals surface area contributed by atoms with Gasteiger partial charge in [0.15, 0.2) is 11.5 Å². The number of nitrogens with two attached hydrogens (primary N) is 1. The third kappa shape index (κ3) is 3.61. The number of hydrogen-bond acceptors (Lipinski definition) is 7. The summed E-state index contributed by atoms with van der Waals surface area (Å²) in [5, 5.41) is 6.22. The molecule has 3 rings (SSSR count). The Labute approximate surface area is 152 Å². The van der Waals surface area contributed by atoms with Crippen LogP contribution in [0.4, 0.5) is 23.0 Å². The zero-order valence-corrected chi connectivity index (χ0v) is 14.9. The van der Waals surface area contributed by atoms with Gasteiger partial charge in [0.1, 0.15) is 0 Å². The number of methoxy groups -OCH3 is 2. The van der Waals surface area contributed by atoms with Crippen LogP contribution in [0.2, 0.25) is 0 Å². The first-order valence-electron chi connectivity index (χ1n) is 8.04. The Balaban J connectivity index is 1.87. The maximum atomic E-state index is 6.04. The SMILES string of the molecule is CNc1ccc(-c2ccnc(Nc3ccc(OC)c(OC)c3)n2)cc1N. The smallest absolute Gasteiger partial charge is 0.227 e. The van der Waals surface area contributed by atoms with Crippen molar-refractivity contribution in [3.8, 4) is 22.8 Å². The Morgan fingerprint density at radius 3 is 2.46 bits per heavy atom. The molecule has 7 heteroatoms. The number of nitrogens with zero attached hydrogens (tertiary/aromatic N) is 2. The second kappa shape index (κ2) is 7.60. The lowest BCUT2D eigenvalue weighted by Gasteiger charge is -2.11. The Bertz CT molecular complexity index is 914. The van der Waals surface area contributed by atoms with Gasteiger partial charge in [-0.25, -0.2) is 9.97 Å². The molecule has 0 atom stereocenters.